The van der Waals surface area contributed by atoms with Crippen LogP contribution in [0.2, 0.25) is 0 Å². The number of aromatic nitrogens is 1. The van der Waals surface area contributed by atoms with Crippen LogP contribution in [0.1, 0.15) is 35.5 Å². The zero-order chi connectivity index (χ0) is 9.14. The van der Waals surface area contributed by atoms with Crippen LogP contribution in [0.25, 0.3) is 0 Å². The molecule has 1 aromatic heterocycles. The largest absolute Gasteiger partial charge is 0.543 e. The van der Waals surface area contributed by atoms with Gasteiger partial charge in [0.1, 0.15) is 0 Å². The predicted octanol–water partition coefficient (Wildman–Crippen LogP) is 0.503. The van der Waals surface area contributed by atoms with E-state index in [1.807, 2.05) is 13.8 Å². The molecule has 0 spiro atoms. The molecule has 0 saturated carbocycles. The van der Waals surface area contributed by atoms with Crippen LogP contribution < -0.4 is 5.11 Å². The van der Waals surface area contributed by atoms with E-state index in [9.17, 15) is 9.90 Å². The van der Waals surface area contributed by atoms with E-state index in [1.54, 1.807) is 6.20 Å². The van der Waals surface area contributed by atoms with Crippen molar-refractivity contribution in [2.24, 2.45) is 0 Å². The molecule has 0 aromatic carbocycles. The summed E-state index contributed by atoms with van der Waals surface area (Å²) in [5, 5.41) is 10.6. The summed E-state index contributed by atoms with van der Waals surface area (Å²) in [4.78, 5) is 13.3. The fourth-order valence-electron chi connectivity index (χ4n) is 1.40. The first kappa shape index (κ1) is 8.84. The van der Waals surface area contributed by atoms with Crippen LogP contribution in [-0.4, -0.2) is 11.0 Å². The first-order chi connectivity index (χ1) is 5.70. The highest BCUT2D eigenvalue weighted by Crippen LogP contribution is 2.14. The molecule has 0 amide bonds. The maximum absolute atomic E-state index is 10.6. The van der Waals surface area contributed by atoms with Crippen molar-refractivity contribution in [3.05, 3.63) is 23.0 Å². The molecule has 0 fully saturated rings. The fraction of sp³-hybridized carbons (Fsp3) is 0.444. The van der Waals surface area contributed by atoms with E-state index in [4.69, 9.17) is 0 Å². The van der Waals surface area contributed by atoms with Crippen LogP contribution in [0, 0.1) is 0 Å². The molecule has 0 atom stereocenters. The van der Waals surface area contributed by atoms with E-state index in [0.29, 0.717) is 0 Å². The van der Waals surface area contributed by atoms with Gasteiger partial charge in [0.25, 0.3) is 0 Å². The van der Waals surface area contributed by atoms with Crippen molar-refractivity contribution in [1.29, 1.82) is 0 Å². The van der Waals surface area contributed by atoms with Gasteiger partial charge in [-0.3, -0.25) is 0 Å². The number of hydrogen-bond donors (Lipinski definition) is 1. The second-order valence-electron chi connectivity index (χ2n) is 2.66. The zero-order valence-corrected chi connectivity index (χ0v) is 7.31. The molecule has 3 nitrogen and oxygen atoms in total. The third-order valence-electron chi connectivity index (χ3n) is 2.02. The average Bonchev–Trinajstić information content (AvgIpc) is 2.46. The summed E-state index contributed by atoms with van der Waals surface area (Å²) < 4.78 is 0. The molecule has 0 aliphatic heterocycles. The number of aryl methyl sites for hydroxylation is 1. The number of carbonyl (C=O) groups excluding carboxylic acids is 1. The van der Waals surface area contributed by atoms with Crippen molar-refractivity contribution in [2.75, 3.05) is 0 Å². The van der Waals surface area contributed by atoms with Crippen LogP contribution >= 0.6 is 0 Å². The first-order valence-electron chi connectivity index (χ1n) is 4.11. The van der Waals surface area contributed by atoms with Gasteiger partial charge in [0.2, 0.25) is 0 Å². The van der Waals surface area contributed by atoms with E-state index in [2.05, 4.69) is 4.98 Å². The number of rotatable bonds is 3. The number of aromatic carboxylic acids is 1. The molecule has 1 heterocycles. The van der Waals surface area contributed by atoms with Crippen molar-refractivity contribution in [3.63, 3.8) is 0 Å². The second kappa shape index (κ2) is 3.43. The van der Waals surface area contributed by atoms with Crippen LogP contribution in [0.5, 0.6) is 0 Å². The molecule has 0 unspecified atom stereocenters. The lowest BCUT2D eigenvalue weighted by Crippen LogP contribution is -2.24. The highest BCUT2D eigenvalue weighted by molar-refractivity contribution is 5.86. The maximum atomic E-state index is 10.6. The molecular weight excluding hydrogens is 154 g/mol. The summed E-state index contributed by atoms with van der Waals surface area (Å²) in [7, 11) is 0. The number of carboxylic acid groups (broad SMARTS) is 1. The Kier molecular flexibility index (Phi) is 2.53. The summed E-state index contributed by atoms with van der Waals surface area (Å²) in [5.74, 6) is -1.12. The quantitative estimate of drug-likeness (QED) is 0.711. The van der Waals surface area contributed by atoms with E-state index >= 15 is 0 Å². The molecule has 3 heteroatoms. The van der Waals surface area contributed by atoms with Gasteiger partial charge in [-0.15, -0.1) is 0 Å². The first-order valence-corrected chi connectivity index (χ1v) is 4.11. The molecule has 0 aliphatic rings. The normalized spacial score (nSPS) is 10.2. The van der Waals surface area contributed by atoms with Gasteiger partial charge >= 0.3 is 0 Å². The minimum Gasteiger partial charge on any atom is -0.543 e. The standard InChI is InChI=1S/C9H13NO2/c1-3-6-5-10-8(9(11)12)7(6)4-2/h5,10H,3-4H2,1-2H3,(H,11,12)/p-1. The van der Waals surface area contributed by atoms with Gasteiger partial charge in [-0.05, 0) is 24.0 Å². The Morgan fingerprint density at radius 1 is 1.50 bits per heavy atom. The monoisotopic (exact) mass is 166 g/mol. The smallest absolute Gasteiger partial charge is 0.0881 e. The summed E-state index contributed by atoms with van der Waals surface area (Å²) in [6.07, 6.45) is 3.33. The Morgan fingerprint density at radius 3 is 2.58 bits per heavy atom. The zero-order valence-electron chi connectivity index (χ0n) is 7.31. The van der Waals surface area contributed by atoms with Crippen molar-refractivity contribution >= 4 is 5.97 Å². The van der Waals surface area contributed by atoms with Crippen LogP contribution in [0.4, 0.5) is 0 Å². The number of H-pyrrole nitrogens is 1. The molecule has 12 heavy (non-hydrogen) atoms. The summed E-state index contributed by atoms with van der Waals surface area (Å²) in [6.45, 7) is 3.94. The van der Waals surface area contributed by atoms with Crippen LogP contribution in [0.15, 0.2) is 6.20 Å². The number of hydrogen-bond acceptors (Lipinski definition) is 2. The molecule has 1 N–H and O–H groups in total. The summed E-state index contributed by atoms with van der Waals surface area (Å²) in [5.41, 5.74) is 2.17. The molecule has 0 radical (unpaired) electrons. The number of carboxylic acids is 1. The van der Waals surface area contributed by atoms with Crippen LogP contribution in [0.3, 0.4) is 0 Å². The average molecular weight is 166 g/mol. The second-order valence-corrected chi connectivity index (χ2v) is 2.66. The van der Waals surface area contributed by atoms with Crippen molar-refractivity contribution in [2.45, 2.75) is 26.7 Å². The fourth-order valence-corrected chi connectivity index (χ4v) is 1.40. The van der Waals surface area contributed by atoms with E-state index in [0.717, 1.165) is 24.0 Å². The molecule has 0 bridgehead atoms. The Hall–Kier alpha value is -1.25. The minimum absolute atomic E-state index is 0.231. The van der Waals surface area contributed by atoms with Crippen molar-refractivity contribution in [3.8, 4) is 0 Å². The van der Waals surface area contributed by atoms with Gasteiger partial charge in [0, 0.05) is 6.20 Å². The van der Waals surface area contributed by atoms with Gasteiger partial charge in [-0.2, -0.15) is 0 Å². The van der Waals surface area contributed by atoms with Crippen LogP contribution in [-0.2, 0) is 12.8 Å². The number of aromatic amines is 1. The van der Waals surface area contributed by atoms with E-state index < -0.39 is 5.97 Å². The molecule has 1 rings (SSSR count). The highest BCUT2D eigenvalue weighted by atomic mass is 16.4. The molecule has 0 aliphatic carbocycles. The van der Waals surface area contributed by atoms with E-state index in [-0.39, 0.29) is 5.69 Å². The molecular formula is C9H12NO2-. The lowest BCUT2D eigenvalue weighted by Gasteiger charge is -2.03. The third kappa shape index (κ3) is 1.35. The maximum Gasteiger partial charge on any atom is 0.0881 e. The number of carbonyl (C=O) groups is 1. The lowest BCUT2D eigenvalue weighted by atomic mass is 10.1. The van der Waals surface area contributed by atoms with Gasteiger partial charge in [0.15, 0.2) is 0 Å². The van der Waals surface area contributed by atoms with E-state index in [1.165, 1.54) is 0 Å². The minimum atomic E-state index is -1.12. The van der Waals surface area contributed by atoms with Gasteiger partial charge in [0.05, 0.1) is 11.7 Å². The van der Waals surface area contributed by atoms with Gasteiger partial charge < -0.3 is 14.9 Å². The van der Waals surface area contributed by atoms with Gasteiger partial charge in [-0.25, -0.2) is 0 Å². The van der Waals surface area contributed by atoms with Gasteiger partial charge in [-0.1, -0.05) is 13.8 Å². The van der Waals surface area contributed by atoms with Crippen molar-refractivity contribution in [1.82, 2.24) is 4.98 Å². The molecule has 66 valence electrons. The third-order valence-corrected chi connectivity index (χ3v) is 2.02. The highest BCUT2D eigenvalue weighted by Gasteiger charge is 2.07. The molecule has 0 saturated heterocycles. The summed E-state index contributed by atoms with van der Waals surface area (Å²) >= 11 is 0. The Morgan fingerprint density at radius 2 is 2.17 bits per heavy atom. The van der Waals surface area contributed by atoms with Crippen molar-refractivity contribution < 1.29 is 9.90 Å². The predicted molar refractivity (Wildman–Crippen MR) is 43.9 cm³/mol. The Balaban J connectivity index is 3.13. The number of nitrogens with one attached hydrogen (secondary N) is 1. The topological polar surface area (TPSA) is 55.9 Å². The SMILES string of the molecule is CCc1c[nH]c(C(=O)[O-])c1CC. The summed E-state index contributed by atoms with van der Waals surface area (Å²) in [6, 6.07) is 0. The Labute approximate surface area is 71.4 Å². The Bertz CT molecular complexity index is 289. The lowest BCUT2D eigenvalue weighted by molar-refractivity contribution is -0.255. The molecule has 1 aromatic rings.